The molecule has 0 aliphatic carbocycles. The van der Waals surface area contributed by atoms with E-state index in [4.69, 9.17) is 16.7 Å². The Balaban J connectivity index is 2.71. The molecular formula is C12H9ClN2O3. The monoisotopic (exact) mass is 264 g/mol. The van der Waals surface area contributed by atoms with E-state index in [1.165, 1.54) is 4.57 Å². The van der Waals surface area contributed by atoms with Crippen molar-refractivity contribution in [3.05, 3.63) is 57.2 Å². The van der Waals surface area contributed by atoms with Crippen LogP contribution in [-0.2, 0) is 0 Å². The first-order chi connectivity index (χ1) is 8.50. The maximum absolute atomic E-state index is 12.0. The fourth-order valence-corrected chi connectivity index (χ4v) is 1.71. The maximum atomic E-state index is 12.0. The number of carbonyl (C=O) groups is 1. The topological polar surface area (TPSA) is 72.2 Å². The van der Waals surface area contributed by atoms with Crippen molar-refractivity contribution in [2.45, 2.75) is 6.92 Å². The average molecular weight is 265 g/mol. The summed E-state index contributed by atoms with van der Waals surface area (Å²) in [5, 5.41) is 9.43. The summed E-state index contributed by atoms with van der Waals surface area (Å²) in [4.78, 5) is 26.8. The number of carboxylic acid groups (broad SMARTS) is 1. The van der Waals surface area contributed by atoms with Crippen molar-refractivity contribution in [2.75, 3.05) is 0 Å². The molecule has 0 bridgehead atoms. The summed E-state index contributed by atoms with van der Waals surface area (Å²) in [6, 6.07) is 6.50. The molecule has 0 amide bonds. The van der Waals surface area contributed by atoms with E-state index in [1.54, 1.807) is 31.2 Å². The summed E-state index contributed by atoms with van der Waals surface area (Å²) in [5.41, 5.74) is -0.453. The van der Waals surface area contributed by atoms with Gasteiger partial charge < -0.3 is 5.11 Å². The zero-order valence-corrected chi connectivity index (χ0v) is 10.2. The molecule has 18 heavy (non-hydrogen) atoms. The number of carboxylic acids is 1. The van der Waals surface area contributed by atoms with Gasteiger partial charge in [0, 0.05) is 11.2 Å². The Morgan fingerprint density at radius 2 is 1.94 bits per heavy atom. The van der Waals surface area contributed by atoms with E-state index >= 15 is 0 Å². The highest BCUT2D eigenvalue weighted by atomic mass is 35.5. The van der Waals surface area contributed by atoms with Crippen LogP contribution in [0.5, 0.6) is 0 Å². The van der Waals surface area contributed by atoms with Crippen LogP contribution in [0.2, 0.25) is 5.02 Å². The van der Waals surface area contributed by atoms with Crippen LogP contribution in [0.15, 0.2) is 35.3 Å². The Labute approximate surface area is 107 Å². The van der Waals surface area contributed by atoms with Crippen LogP contribution < -0.4 is 5.56 Å². The van der Waals surface area contributed by atoms with E-state index in [0.29, 0.717) is 16.5 Å². The summed E-state index contributed by atoms with van der Waals surface area (Å²) >= 11 is 5.76. The highest BCUT2D eigenvalue weighted by Gasteiger charge is 2.14. The van der Waals surface area contributed by atoms with Crippen molar-refractivity contribution in [3.8, 4) is 5.69 Å². The Hall–Kier alpha value is -2.14. The number of aromatic nitrogens is 2. The summed E-state index contributed by atoms with van der Waals surface area (Å²) in [5.74, 6) is -0.887. The first-order valence-electron chi connectivity index (χ1n) is 5.08. The number of benzene rings is 1. The Morgan fingerprint density at radius 1 is 1.33 bits per heavy atom. The minimum absolute atomic E-state index is 0.365. The van der Waals surface area contributed by atoms with Crippen LogP contribution in [0, 0.1) is 6.92 Å². The van der Waals surface area contributed by atoms with Gasteiger partial charge in [-0.05, 0) is 31.2 Å². The van der Waals surface area contributed by atoms with Crippen molar-refractivity contribution < 1.29 is 9.90 Å². The second-order valence-corrected chi connectivity index (χ2v) is 4.08. The van der Waals surface area contributed by atoms with E-state index in [-0.39, 0.29) is 5.56 Å². The molecule has 5 nitrogen and oxygen atoms in total. The molecular weight excluding hydrogens is 256 g/mol. The lowest BCUT2D eigenvalue weighted by Crippen LogP contribution is -2.27. The number of hydrogen-bond acceptors (Lipinski definition) is 3. The quantitative estimate of drug-likeness (QED) is 0.899. The average Bonchev–Trinajstić information content (AvgIpc) is 2.31. The summed E-state index contributed by atoms with van der Waals surface area (Å²) in [6.45, 7) is 1.63. The summed E-state index contributed by atoms with van der Waals surface area (Å²) in [7, 11) is 0. The van der Waals surface area contributed by atoms with Gasteiger partial charge in [0.1, 0.15) is 11.4 Å². The van der Waals surface area contributed by atoms with Crippen LogP contribution in [0.25, 0.3) is 5.69 Å². The van der Waals surface area contributed by atoms with Crippen molar-refractivity contribution in [1.29, 1.82) is 0 Å². The Bertz CT molecular complexity index is 662. The van der Waals surface area contributed by atoms with Gasteiger partial charge in [0.05, 0.1) is 5.69 Å². The smallest absolute Gasteiger partial charge is 0.342 e. The molecule has 0 unspecified atom stereocenters. The second kappa shape index (κ2) is 4.62. The van der Waals surface area contributed by atoms with Crippen LogP contribution in [0.3, 0.4) is 0 Å². The summed E-state index contributed by atoms with van der Waals surface area (Å²) < 4.78 is 1.24. The number of halogens is 1. The molecule has 1 aromatic heterocycles. The van der Waals surface area contributed by atoms with Gasteiger partial charge in [-0.2, -0.15) is 0 Å². The van der Waals surface area contributed by atoms with E-state index in [0.717, 1.165) is 6.20 Å². The van der Waals surface area contributed by atoms with E-state index < -0.39 is 11.5 Å². The molecule has 1 N–H and O–H groups in total. The zero-order chi connectivity index (χ0) is 13.3. The number of aromatic carboxylic acids is 1. The molecule has 92 valence electrons. The van der Waals surface area contributed by atoms with Crippen LogP contribution >= 0.6 is 11.6 Å². The van der Waals surface area contributed by atoms with Crippen molar-refractivity contribution in [3.63, 3.8) is 0 Å². The first kappa shape index (κ1) is 12.3. The predicted molar refractivity (Wildman–Crippen MR) is 66.5 cm³/mol. The minimum Gasteiger partial charge on any atom is -0.477 e. The number of hydrogen-bond donors (Lipinski definition) is 1. The van der Waals surface area contributed by atoms with Crippen molar-refractivity contribution in [1.82, 2.24) is 9.55 Å². The first-order valence-corrected chi connectivity index (χ1v) is 5.46. The van der Waals surface area contributed by atoms with E-state index in [9.17, 15) is 9.59 Å². The third-order valence-electron chi connectivity index (χ3n) is 2.45. The second-order valence-electron chi connectivity index (χ2n) is 3.64. The zero-order valence-electron chi connectivity index (χ0n) is 9.42. The van der Waals surface area contributed by atoms with E-state index in [2.05, 4.69) is 4.98 Å². The highest BCUT2D eigenvalue weighted by Crippen LogP contribution is 2.13. The van der Waals surface area contributed by atoms with Gasteiger partial charge in [0.2, 0.25) is 0 Å². The number of rotatable bonds is 2. The molecule has 6 heteroatoms. The normalized spacial score (nSPS) is 10.3. The molecule has 0 saturated carbocycles. The lowest BCUT2D eigenvalue weighted by atomic mass is 10.2. The van der Waals surface area contributed by atoms with Gasteiger partial charge in [0.25, 0.3) is 5.56 Å². The van der Waals surface area contributed by atoms with Gasteiger partial charge in [-0.3, -0.25) is 9.36 Å². The SMILES string of the molecule is Cc1ncc(C(=O)O)c(=O)n1-c1ccc(Cl)cc1. The molecule has 2 aromatic rings. The van der Waals surface area contributed by atoms with Crippen LogP contribution in [0.4, 0.5) is 0 Å². The molecule has 1 aromatic carbocycles. The standard InChI is InChI=1S/C12H9ClN2O3/c1-7-14-6-10(12(17)18)11(16)15(7)9-4-2-8(13)3-5-9/h2-6H,1H3,(H,17,18). The molecule has 1 heterocycles. The third kappa shape index (κ3) is 2.12. The molecule has 0 atom stereocenters. The molecule has 0 aliphatic rings. The molecule has 0 aliphatic heterocycles. The largest absolute Gasteiger partial charge is 0.477 e. The molecule has 0 spiro atoms. The van der Waals surface area contributed by atoms with Gasteiger partial charge in [-0.25, -0.2) is 9.78 Å². The Morgan fingerprint density at radius 3 is 2.50 bits per heavy atom. The van der Waals surface area contributed by atoms with Gasteiger partial charge in [0.15, 0.2) is 0 Å². The van der Waals surface area contributed by atoms with Gasteiger partial charge in [-0.15, -0.1) is 0 Å². The van der Waals surface area contributed by atoms with Crippen molar-refractivity contribution in [2.24, 2.45) is 0 Å². The fraction of sp³-hybridized carbons (Fsp3) is 0.0833. The number of aryl methyl sites for hydroxylation is 1. The molecule has 0 radical (unpaired) electrons. The van der Waals surface area contributed by atoms with Crippen LogP contribution in [-0.4, -0.2) is 20.6 Å². The van der Waals surface area contributed by atoms with E-state index in [1.807, 2.05) is 0 Å². The molecule has 0 fully saturated rings. The minimum atomic E-state index is -1.30. The molecule has 2 rings (SSSR count). The maximum Gasteiger partial charge on any atom is 0.342 e. The lowest BCUT2D eigenvalue weighted by Gasteiger charge is -2.09. The Kier molecular flexibility index (Phi) is 3.16. The summed E-state index contributed by atoms with van der Waals surface area (Å²) in [6.07, 6.45) is 1.06. The molecule has 0 saturated heterocycles. The predicted octanol–water partition coefficient (Wildman–Crippen LogP) is 1.89. The van der Waals surface area contributed by atoms with Crippen molar-refractivity contribution >= 4 is 17.6 Å². The fourth-order valence-electron chi connectivity index (χ4n) is 1.58. The van der Waals surface area contributed by atoms with Gasteiger partial charge >= 0.3 is 5.97 Å². The highest BCUT2D eigenvalue weighted by molar-refractivity contribution is 6.30. The lowest BCUT2D eigenvalue weighted by molar-refractivity contribution is 0.0694. The number of nitrogens with zero attached hydrogens (tertiary/aromatic N) is 2. The third-order valence-corrected chi connectivity index (χ3v) is 2.70. The van der Waals surface area contributed by atoms with Crippen LogP contribution in [0.1, 0.15) is 16.2 Å². The van der Waals surface area contributed by atoms with Gasteiger partial charge in [-0.1, -0.05) is 11.6 Å².